The van der Waals surface area contributed by atoms with Crippen molar-refractivity contribution in [2.45, 2.75) is 56.9 Å². The molecule has 1 aliphatic heterocycles. The molecule has 1 rings (SSSR count). The molecule has 1 heterocycles. The highest BCUT2D eigenvalue weighted by Crippen LogP contribution is 2.16. The second-order valence-electron chi connectivity index (χ2n) is 4.45. The fourth-order valence-corrected chi connectivity index (χ4v) is 2.11. The molecule has 0 amide bonds. The predicted octanol–water partition coefficient (Wildman–Crippen LogP) is 2.94. The Labute approximate surface area is 98.7 Å². The molecule has 2 atom stereocenters. The maximum Gasteiger partial charge on any atom is 0.0576 e. The summed E-state index contributed by atoms with van der Waals surface area (Å²) < 4.78 is 5.57. The standard InChI is InChI=1S/C12H24ClNO/c1-11(13)5-2-8-14-9-3-6-12-7-4-10-15-12/h11-12,14H,2-10H2,1H3. The van der Waals surface area contributed by atoms with E-state index in [1.54, 1.807) is 0 Å². The van der Waals surface area contributed by atoms with E-state index in [9.17, 15) is 0 Å². The third kappa shape index (κ3) is 7.15. The first-order valence-corrected chi connectivity index (χ1v) is 6.69. The minimum atomic E-state index is 0.318. The van der Waals surface area contributed by atoms with Gasteiger partial charge in [0, 0.05) is 12.0 Å². The Morgan fingerprint density at radius 2 is 2.20 bits per heavy atom. The Morgan fingerprint density at radius 3 is 2.87 bits per heavy atom. The number of hydrogen-bond donors (Lipinski definition) is 1. The van der Waals surface area contributed by atoms with Crippen molar-refractivity contribution in [2.24, 2.45) is 0 Å². The Hall–Kier alpha value is 0.210. The van der Waals surface area contributed by atoms with Crippen molar-refractivity contribution in [1.82, 2.24) is 5.32 Å². The number of halogens is 1. The maximum atomic E-state index is 5.86. The molecule has 1 aliphatic rings. The second kappa shape index (κ2) is 8.37. The summed E-state index contributed by atoms with van der Waals surface area (Å²) in [6.45, 7) is 5.25. The van der Waals surface area contributed by atoms with E-state index in [-0.39, 0.29) is 0 Å². The first kappa shape index (κ1) is 13.3. The molecule has 0 spiro atoms. The monoisotopic (exact) mass is 233 g/mol. The van der Waals surface area contributed by atoms with Crippen molar-refractivity contribution in [3.63, 3.8) is 0 Å². The molecule has 3 heteroatoms. The van der Waals surface area contributed by atoms with E-state index in [4.69, 9.17) is 16.3 Å². The van der Waals surface area contributed by atoms with Gasteiger partial charge >= 0.3 is 0 Å². The van der Waals surface area contributed by atoms with Gasteiger partial charge in [0.05, 0.1) is 6.10 Å². The van der Waals surface area contributed by atoms with E-state index in [0.717, 1.165) is 26.1 Å². The molecule has 0 saturated carbocycles. The highest BCUT2D eigenvalue weighted by atomic mass is 35.5. The van der Waals surface area contributed by atoms with Gasteiger partial charge in [0.25, 0.3) is 0 Å². The molecule has 0 aromatic heterocycles. The van der Waals surface area contributed by atoms with Crippen LogP contribution in [0.1, 0.15) is 45.4 Å². The van der Waals surface area contributed by atoms with Crippen LogP contribution in [-0.4, -0.2) is 31.2 Å². The molecule has 0 aromatic carbocycles. The van der Waals surface area contributed by atoms with E-state index < -0.39 is 0 Å². The van der Waals surface area contributed by atoms with Crippen LogP contribution in [0.5, 0.6) is 0 Å². The Morgan fingerprint density at radius 1 is 1.40 bits per heavy atom. The first-order chi connectivity index (χ1) is 7.29. The molecule has 2 unspecified atom stereocenters. The molecular formula is C12H24ClNO. The minimum Gasteiger partial charge on any atom is -0.378 e. The zero-order chi connectivity index (χ0) is 10.9. The van der Waals surface area contributed by atoms with Crippen LogP contribution in [0.2, 0.25) is 0 Å². The summed E-state index contributed by atoms with van der Waals surface area (Å²) in [6, 6.07) is 0. The number of alkyl halides is 1. The molecule has 0 aromatic rings. The minimum absolute atomic E-state index is 0.318. The van der Waals surface area contributed by atoms with Gasteiger partial charge in [-0.05, 0) is 58.5 Å². The zero-order valence-electron chi connectivity index (χ0n) is 9.80. The highest BCUT2D eigenvalue weighted by Gasteiger charge is 2.14. The molecule has 1 N–H and O–H groups in total. The molecule has 1 saturated heterocycles. The van der Waals surface area contributed by atoms with Crippen LogP contribution >= 0.6 is 11.6 Å². The molecule has 15 heavy (non-hydrogen) atoms. The lowest BCUT2D eigenvalue weighted by atomic mass is 10.1. The van der Waals surface area contributed by atoms with Gasteiger partial charge in [-0.25, -0.2) is 0 Å². The fourth-order valence-electron chi connectivity index (χ4n) is 1.96. The third-order valence-electron chi connectivity index (χ3n) is 2.86. The lowest BCUT2D eigenvalue weighted by Gasteiger charge is -2.09. The summed E-state index contributed by atoms with van der Waals surface area (Å²) in [7, 11) is 0. The smallest absolute Gasteiger partial charge is 0.0576 e. The summed E-state index contributed by atoms with van der Waals surface area (Å²) in [5.74, 6) is 0. The number of nitrogens with one attached hydrogen (secondary N) is 1. The van der Waals surface area contributed by atoms with Gasteiger partial charge in [-0.2, -0.15) is 0 Å². The van der Waals surface area contributed by atoms with E-state index >= 15 is 0 Å². The second-order valence-corrected chi connectivity index (χ2v) is 5.20. The van der Waals surface area contributed by atoms with Gasteiger partial charge in [0.1, 0.15) is 0 Å². The average molecular weight is 234 g/mol. The third-order valence-corrected chi connectivity index (χ3v) is 3.08. The van der Waals surface area contributed by atoms with Crippen LogP contribution in [0.25, 0.3) is 0 Å². The van der Waals surface area contributed by atoms with Crippen LogP contribution < -0.4 is 5.32 Å². The molecule has 0 aliphatic carbocycles. The molecule has 1 fully saturated rings. The summed E-state index contributed by atoms with van der Waals surface area (Å²) in [4.78, 5) is 0. The van der Waals surface area contributed by atoms with E-state index in [1.807, 2.05) is 0 Å². The van der Waals surface area contributed by atoms with Gasteiger partial charge in [-0.1, -0.05) is 0 Å². The number of hydrogen-bond acceptors (Lipinski definition) is 2. The summed E-state index contributed by atoms with van der Waals surface area (Å²) in [5, 5.41) is 3.77. The Kier molecular flexibility index (Phi) is 7.41. The van der Waals surface area contributed by atoms with Crippen molar-refractivity contribution in [1.29, 1.82) is 0 Å². The van der Waals surface area contributed by atoms with Crippen molar-refractivity contribution >= 4 is 11.6 Å². The Bertz CT molecular complexity index is 147. The Balaban J connectivity index is 1.76. The van der Waals surface area contributed by atoms with Gasteiger partial charge in [0.2, 0.25) is 0 Å². The van der Waals surface area contributed by atoms with Crippen molar-refractivity contribution < 1.29 is 4.74 Å². The van der Waals surface area contributed by atoms with Crippen LogP contribution in [0.15, 0.2) is 0 Å². The zero-order valence-corrected chi connectivity index (χ0v) is 10.6. The van der Waals surface area contributed by atoms with Gasteiger partial charge < -0.3 is 10.1 Å². The first-order valence-electron chi connectivity index (χ1n) is 6.25. The average Bonchev–Trinajstić information content (AvgIpc) is 2.68. The topological polar surface area (TPSA) is 21.3 Å². The SMILES string of the molecule is CC(Cl)CCCNCCCC1CCCO1. The maximum absolute atomic E-state index is 5.86. The molecule has 90 valence electrons. The number of ether oxygens (including phenoxy) is 1. The molecule has 2 nitrogen and oxygen atoms in total. The van der Waals surface area contributed by atoms with Crippen molar-refractivity contribution in [2.75, 3.05) is 19.7 Å². The summed E-state index contributed by atoms with van der Waals surface area (Å²) in [5.41, 5.74) is 0. The predicted molar refractivity (Wildman–Crippen MR) is 65.6 cm³/mol. The highest BCUT2D eigenvalue weighted by molar-refractivity contribution is 6.20. The van der Waals surface area contributed by atoms with E-state index in [0.29, 0.717) is 11.5 Å². The summed E-state index contributed by atoms with van der Waals surface area (Å²) in [6.07, 6.45) is 7.83. The van der Waals surface area contributed by atoms with Crippen LogP contribution in [0.4, 0.5) is 0 Å². The van der Waals surface area contributed by atoms with Gasteiger partial charge in [-0.3, -0.25) is 0 Å². The van der Waals surface area contributed by atoms with Crippen molar-refractivity contribution in [3.05, 3.63) is 0 Å². The van der Waals surface area contributed by atoms with Crippen LogP contribution in [0.3, 0.4) is 0 Å². The molecule has 0 bridgehead atoms. The summed E-state index contributed by atoms with van der Waals surface area (Å²) >= 11 is 5.86. The van der Waals surface area contributed by atoms with Crippen LogP contribution in [-0.2, 0) is 4.74 Å². The van der Waals surface area contributed by atoms with Crippen LogP contribution in [0, 0.1) is 0 Å². The lowest BCUT2D eigenvalue weighted by Crippen LogP contribution is -2.19. The quantitative estimate of drug-likeness (QED) is 0.514. The largest absolute Gasteiger partial charge is 0.378 e. The van der Waals surface area contributed by atoms with E-state index in [2.05, 4.69) is 12.2 Å². The fraction of sp³-hybridized carbons (Fsp3) is 1.00. The number of rotatable bonds is 8. The molecule has 0 radical (unpaired) electrons. The normalized spacial score (nSPS) is 23.2. The molecular weight excluding hydrogens is 210 g/mol. The lowest BCUT2D eigenvalue weighted by molar-refractivity contribution is 0.102. The van der Waals surface area contributed by atoms with Gasteiger partial charge in [0.15, 0.2) is 0 Å². The van der Waals surface area contributed by atoms with Crippen molar-refractivity contribution in [3.8, 4) is 0 Å². The van der Waals surface area contributed by atoms with E-state index in [1.165, 1.54) is 32.1 Å². The van der Waals surface area contributed by atoms with Gasteiger partial charge in [-0.15, -0.1) is 11.6 Å².